The number of benzene rings is 1. The average molecular weight is 389 g/mol. The SMILES string of the molecule is CNC(c1cc(Br)c(C)cc1Br)C1(C)CCCCC1. The molecule has 3 heteroatoms. The summed E-state index contributed by atoms with van der Waals surface area (Å²) in [4.78, 5) is 0. The maximum Gasteiger partial charge on any atom is 0.0383 e. The van der Waals surface area contributed by atoms with Gasteiger partial charge in [-0.15, -0.1) is 0 Å². The Bertz CT molecular complexity index is 450. The molecule has 0 spiro atoms. The highest BCUT2D eigenvalue weighted by Crippen LogP contribution is 2.47. The minimum absolute atomic E-state index is 0.365. The molecule has 1 saturated carbocycles. The predicted octanol–water partition coefficient (Wildman–Crippen LogP) is 5.75. The third-order valence-electron chi connectivity index (χ3n) is 4.57. The van der Waals surface area contributed by atoms with Crippen molar-refractivity contribution < 1.29 is 0 Å². The lowest BCUT2D eigenvalue weighted by Gasteiger charge is -2.41. The lowest BCUT2D eigenvalue weighted by Crippen LogP contribution is -2.36. The Hall–Kier alpha value is 0.140. The van der Waals surface area contributed by atoms with Crippen LogP contribution in [-0.2, 0) is 0 Å². The van der Waals surface area contributed by atoms with Crippen LogP contribution in [0.15, 0.2) is 21.1 Å². The first-order chi connectivity index (χ1) is 8.98. The van der Waals surface area contributed by atoms with Gasteiger partial charge in [0.25, 0.3) is 0 Å². The van der Waals surface area contributed by atoms with Crippen molar-refractivity contribution in [2.24, 2.45) is 5.41 Å². The molecule has 1 aliphatic rings. The minimum Gasteiger partial charge on any atom is -0.313 e. The summed E-state index contributed by atoms with van der Waals surface area (Å²) < 4.78 is 2.42. The number of aryl methyl sites for hydroxylation is 1. The lowest BCUT2D eigenvalue weighted by molar-refractivity contribution is 0.150. The molecule has 1 unspecified atom stereocenters. The average Bonchev–Trinajstić information content (AvgIpc) is 2.37. The molecule has 1 aromatic rings. The van der Waals surface area contributed by atoms with Crippen LogP contribution in [0.1, 0.15) is 56.2 Å². The number of hydrogen-bond acceptors (Lipinski definition) is 1. The summed E-state index contributed by atoms with van der Waals surface area (Å²) in [7, 11) is 2.09. The zero-order valence-electron chi connectivity index (χ0n) is 12.0. The molecule has 106 valence electrons. The molecule has 0 aromatic heterocycles. The Labute approximate surface area is 133 Å². The number of halogens is 2. The molecule has 1 nitrogen and oxygen atoms in total. The molecule has 2 rings (SSSR count). The third-order valence-corrected chi connectivity index (χ3v) is 6.11. The Kier molecular flexibility index (Phi) is 5.13. The van der Waals surface area contributed by atoms with E-state index in [-0.39, 0.29) is 0 Å². The molecular formula is C16H23Br2N. The Morgan fingerprint density at radius 2 is 1.74 bits per heavy atom. The van der Waals surface area contributed by atoms with Crippen molar-refractivity contribution in [3.05, 3.63) is 32.2 Å². The van der Waals surface area contributed by atoms with Gasteiger partial charge in [0.1, 0.15) is 0 Å². The molecule has 1 N–H and O–H groups in total. The first kappa shape index (κ1) is 15.5. The van der Waals surface area contributed by atoms with Crippen molar-refractivity contribution in [3.63, 3.8) is 0 Å². The van der Waals surface area contributed by atoms with E-state index in [1.54, 1.807) is 0 Å². The fourth-order valence-corrected chi connectivity index (χ4v) is 4.46. The standard InChI is InChI=1S/C16H23Br2N/c1-11-9-14(18)12(10-13(11)17)15(19-3)16(2)7-5-4-6-8-16/h9-10,15,19H,4-8H2,1-3H3. The molecule has 1 aromatic carbocycles. The van der Waals surface area contributed by atoms with Gasteiger partial charge in [-0.05, 0) is 55.5 Å². The largest absolute Gasteiger partial charge is 0.313 e. The second-order valence-electron chi connectivity index (χ2n) is 6.06. The predicted molar refractivity (Wildman–Crippen MR) is 89.6 cm³/mol. The third kappa shape index (κ3) is 3.25. The van der Waals surface area contributed by atoms with E-state index in [0.717, 1.165) is 0 Å². The highest BCUT2D eigenvalue weighted by atomic mass is 79.9. The van der Waals surface area contributed by atoms with E-state index < -0.39 is 0 Å². The Balaban J connectivity index is 2.39. The molecule has 0 bridgehead atoms. The first-order valence-electron chi connectivity index (χ1n) is 7.11. The number of hydrogen-bond donors (Lipinski definition) is 1. The van der Waals surface area contributed by atoms with Crippen LogP contribution >= 0.6 is 31.9 Å². The van der Waals surface area contributed by atoms with Crippen LogP contribution in [0.4, 0.5) is 0 Å². The van der Waals surface area contributed by atoms with Crippen LogP contribution in [0.2, 0.25) is 0 Å². The van der Waals surface area contributed by atoms with Crippen molar-refractivity contribution in [2.45, 2.75) is 52.0 Å². The summed E-state index contributed by atoms with van der Waals surface area (Å²) in [5.74, 6) is 0. The highest BCUT2D eigenvalue weighted by molar-refractivity contribution is 9.11. The van der Waals surface area contributed by atoms with E-state index in [4.69, 9.17) is 0 Å². The van der Waals surface area contributed by atoms with Gasteiger partial charge in [-0.3, -0.25) is 0 Å². The molecule has 1 atom stereocenters. The van der Waals surface area contributed by atoms with Gasteiger partial charge in [0.2, 0.25) is 0 Å². The molecule has 1 fully saturated rings. The van der Waals surface area contributed by atoms with E-state index in [1.165, 1.54) is 52.2 Å². The molecule has 0 saturated heterocycles. The molecule has 1 aliphatic carbocycles. The topological polar surface area (TPSA) is 12.0 Å². The van der Waals surface area contributed by atoms with Crippen molar-refractivity contribution in [2.75, 3.05) is 7.05 Å². The van der Waals surface area contributed by atoms with Crippen LogP contribution in [-0.4, -0.2) is 7.05 Å². The van der Waals surface area contributed by atoms with Gasteiger partial charge in [-0.2, -0.15) is 0 Å². The highest BCUT2D eigenvalue weighted by Gasteiger charge is 2.36. The van der Waals surface area contributed by atoms with Crippen LogP contribution in [0.3, 0.4) is 0 Å². The summed E-state index contributed by atoms with van der Waals surface area (Å²) in [5.41, 5.74) is 3.02. The van der Waals surface area contributed by atoms with Gasteiger partial charge in [-0.25, -0.2) is 0 Å². The second-order valence-corrected chi connectivity index (χ2v) is 7.77. The summed E-state index contributed by atoms with van der Waals surface area (Å²) in [5, 5.41) is 3.57. The lowest BCUT2D eigenvalue weighted by atomic mass is 9.68. The molecular weight excluding hydrogens is 366 g/mol. The normalized spacial score (nSPS) is 20.3. The van der Waals surface area contributed by atoms with Gasteiger partial charge < -0.3 is 5.32 Å². The number of rotatable bonds is 3. The van der Waals surface area contributed by atoms with Crippen molar-refractivity contribution in [1.29, 1.82) is 0 Å². The molecule has 0 radical (unpaired) electrons. The molecule has 0 amide bonds. The Morgan fingerprint density at radius 3 is 2.32 bits per heavy atom. The first-order valence-corrected chi connectivity index (χ1v) is 8.69. The maximum absolute atomic E-state index is 3.75. The van der Waals surface area contributed by atoms with Crippen LogP contribution in [0, 0.1) is 12.3 Å². The zero-order chi connectivity index (χ0) is 14.0. The monoisotopic (exact) mass is 387 g/mol. The van der Waals surface area contributed by atoms with Gasteiger partial charge in [0.05, 0.1) is 0 Å². The van der Waals surface area contributed by atoms with Crippen molar-refractivity contribution in [1.82, 2.24) is 5.32 Å². The quantitative estimate of drug-likeness (QED) is 0.694. The molecule has 0 heterocycles. The summed E-state index contributed by atoms with van der Waals surface area (Å²) in [6.45, 7) is 4.57. The fourth-order valence-electron chi connectivity index (χ4n) is 3.41. The molecule has 0 aliphatic heterocycles. The van der Waals surface area contributed by atoms with Gasteiger partial charge in [0.15, 0.2) is 0 Å². The smallest absolute Gasteiger partial charge is 0.0383 e. The van der Waals surface area contributed by atoms with Crippen LogP contribution in [0.5, 0.6) is 0 Å². The van der Waals surface area contributed by atoms with E-state index in [0.29, 0.717) is 11.5 Å². The van der Waals surface area contributed by atoms with Crippen molar-refractivity contribution >= 4 is 31.9 Å². The summed E-state index contributed by atoms with van der Waals surface area (Å²) in [6.07, 6.45) is 6.75. The minimum atomic E-state index is 0.365. The summed E-state index contributed by atoms with van der Waals surface area (Å²) >= 11 is 7.42. The van der Waals surface area contributed by atoms with Gasteiger partial charge in [0, 0.05) is 15.0 Å². The number of nitrogens with one attached hydrogen (secondary N) is 1. The van der Waals surface area contributed by atoms with Crippen LogP contribution in [0.25, 0.3) is 0 Å². The van der Waals surface area contributed by atoms with Gasteiger partial charge >= 0.3 is 0 Å². The van der Waals surface area contributed by atoms with Gasteiger partial charge in [-0.1, -0.05) is 58.0 Å². The van der Waals surface area contributed by atoms with Crippen molar-refractivity contribution in [3.8, 4) is 0 Å². The zero-order valence-corrected chi connectivity index (χ0v) is 15.2. The summed E-state index contributed by atoms with van der Waals surface area (Å²) in [6, 6.07) is 4.91. The maximum atomic E-state index is 3.75. The molecule has 19 heavy (non-hydrogen) atoms. The van der Waals surface area contributed by atoms with Crippen LogP contribution < -0.4 is 5.32 Å². The Morgan fingerprint density at radius 1 is 1.11 bits per heavy atom. The van der Waals surface area contributed by atoms with E-state index >= 15 is 0 Å². The van der Waals surface area contributed by atoms with E-state index in [1.807, 2.05) is 0 Å². The fraction of sp³-hybridized carbons (Fsp3) is 0.625. The van der Waals surface area contributed by atoms with E-state index in [2.05, 4.69) is 70.2 Å². The second kappa shape index (κ2) is 6.28. The van der Waals surface area contributed by atoms with E-state index in [9.17, 15) is 0 Å².